The minimum atomic E-state index is -1.10. The highest BCUT2D eigenvalue weighted by atomic mass is 35.5. The monoisotopic (exact) mass is 515 g/mol. The van der Waals surface area contributed by atoms with Gasteiger partial charge in [0, 0.05) is 26.9 Å². The molecule has 11 heteroatoms. The second-order valence-electron chi connectivity index (χ2n) is 7.95. The first-order chi connectivity index (χ1) is 16.2. The number of nitrogens with zero attached hydrogens (tertiary/aromatic N) is 2. The van der Waals surface area contributed by atoms with Crippen molar-refractivity contribution in [3.63, 3.8) is 0 Å². The average Bonchev–Trinajstić information content (AvgIpc) is 3.23. The molecule has 0 saturated carbocycles. The first-order valence-corrected chi connectivity index (χ1v) is 12.3. The molecular formula is C23H18ClN3O5S2. The van der Waals surface area contributed by atoms with Crippen LogP contribution in [0.15, 0.2) is 40.3 Å². The number of hydrogen-bond acceptors (Lipinski definition) is 8. The van der Waals surface area contributed by atoms with Gasteiger partial charge >= 0.3 is 5.97 Å². The number of halogens is 1. The molecular weight excluding hydrogens is 498 g/mol. The molecule has 0 bridgehead atoms. The highest BCUT2D eigenvalue weighted by molar-refractivity contribution is 7.99. The van der Waals surface area contributed by atoms with Crippen molar-refractivity contribution in [2.24, 2.45) is 0 Å². The zero-order valence-electron chi connectivity index (χ0n) is 17.8. The lowest BCUT2D eigenvalue weighted by atomic mass is 10.0. The van der Waals surface area contributed by atoms with E-state index in [0.29, 0.717) is 26.9 Å². The average molecular weight is 516 g/mol. The molecule has 1 aromatic carbocycles. The summed E-state index contributed by atoms with van der Waals surface area (Å²) in [6, 6.07) is 8.75. The molecule has 8 nitrogen and oxygen atoms in total. The number of nitrogen functional groups attached to an aromatic ring is 1. The standard InChI is InChI=1S/C23H18ClN3O5S2/c1-10-6-15-18(20(26-10)33-13-4-2-11(24)3-5-13)22(29)27(21(15)28)8-12-7-14-16(9-32-12)34-19(25)17(14)23(30)31/h2-6,12H,7-9,25H2,1H3,(H,30,31). The summed E-state index contributed by atoms with van der Waals surface area (Å²) in [6.45, 7) is 1.96. The summed E-state index contributed by atoms with van der Waals surface area (Å²) in [4.78, 5) is 45.4. The molecule has 174 valence electrons. The number of carboxylic acids is 1. The van der Waals surface area contributed by atoms with E-state index in [0.717, 1.165) is 14.7 Å². The fourth-order valence-electron chi connectivity index (χ4n) is 4.15. The van der Waals surface area contributed by atoms with Gasteiger partial charge in [-0.05, 0) is 42.8 Å². The molecule has 0 radical (unpaired) electrons. The Hall–Kier alpha value is -2.92. The number of carbonyl (C=O) groups is 3. The molecule has 1 atom stereocenters. The van der Waals surface area contributed by atoms with Crippen molar-refractivity contribution in [3.05, 3.63) is 68.2 Å². The number of carboxylic acid groups (broad SMARTS) is 1. The van der Waals surface area contributed by atoms with Crippen LogP contribution >= 0.6 is 34.7 Å². The molecule has 34 heavy (non-hydrogen) atoms. The number of aromatic carboxylic acids is 1. The van der Waals surface area contributed by atoms with Gasteiger partial charge < -0.3 is 15.6 Å². The summed E-state index contributed by atoms with van der Waals surface area (Å²) in [5, 5.41) is 10.8. The van der Waals surface area contributed by atoms with Crippen LogP contribution in [0, 0.1) is 6.92 Å². The topological polar surface area (TPSA) is 123 Å². The molecule has 4 heterocycles. The molecule has 0 spiro atoms. The Kier molecular flexibility index (Phi) is 5.85. The Bertz CT molecular complexity index is 1360. The van der Waals surface area contributed by atoms with Crippen molar-refractivity contribution >= 4 is 57.5 Å². The van der Waals surface area contributed by atoms with E-state index in [2.05, 4.69) is 4.98 Å². The number of amides is 2. The lowest BCUT2D eigenvalue weighted by Crippen LogP contribution is -2.40. The fraction of sp³-hybridized carbons (Fsp3) is 0.217. The number of benzene rings is 1. The Morgan fingerprint density at radius 1 is 1.32 bits per heavy atom. The predicted molar refractivity (Wildman–Crippen MR) is 128 cm³/mol. The van der Waals surface area contributed by atoms with Gasteiger partial charge in [0.2, 0.25) is 0 Å². The number of rotatable bonds is 5. The van der Waals surface area contributed by atoms with E-state index in [-0.39, 0.29) is 35.7 Å². The summed E-state index contributed by atoms with van der Waals surface area (Å²) < 4.78 is 5.85. The van der Waals surface area contributed by atoms with Crippen molar-refractivity contribution in [3.8, 4) is 0 Å². The van der Waals surface area contributed by atoms with Gasteiger partial charge in [0.05, 0.1) is 35.9 Å². The molecule has 2 aliphatic rings. The summed E-state index contributed by atoms with van der Waals surface area (Å²) in [5.74, 6) is -1.95. The number of imide groups is 1. The molecule has 2 aliphatic heterocycles. The molecule has 0 aliphatic carbocycles. The van der Waals surface area contributed by atoms with Gasteiger partial charge in [-0.3, -0.25) is 14.5 Å². The van der Waals surface area contributed by atoms with E-state index in [1.54, 1.807) is 25.1 Å². The van der Waals surface area contributed by atoms with Gasteiger partial charge in [-0.2, -0.15) is 0 Å². The Morgan fingerprint density at radius 2 is 2.06 bits per heavy atom. The van der Waals surface area contributed by atoms with Gasteiger partial charge in [-0.15, -0.1) is 11.3 Å². The second-order valence-corrected chi connectivity index (χ2v) is 10.6. The number of fused-ring (bicyclic) bond motifs is 2. The van der Waals surface area contributed by atoms with Crippen LogP contribution in [-0.2, 0) is 17.8 Å². The van der Waals surface area contributed by atoms with Crippen LogP contribution in [0.5, 0.6) is 0 Å². The van der Waals surface area contributed by atoms with Gasteiger partial charge in [0.25, 0.3) is 11.8 Å². The number of pyridine rings is 1. The molecule has 0 saturated heterocycles. The Labute approximate surface area is 207 Å². The third-order valence-electron chi connectivity index (χ3n) is 5.68. The molecule has 2 amide bonds. The third kappa shape index (κ3) is 3.96. The van der Waals surface area contributed by atoms with Crippen molar-refractivity contribution in [1.82, 2.24) is 9.88 Å². The summed E-state index contributed by atoms with van der Waals surface area (Å²) in [7, 11) is 0. The van der Waals surface area contributed by atoms with E-state index >= 15 is 0 Å². The van der Waals surface area contributed by atoms with Gasteiger partial charge in [-0.25, -0.2) is 9.78 Å². The number of hydrogen-bond donors (Lipinski definition) is 2. The summed E-state index contributed by atoms with van der Waals surface area (Å²) >= 11 is 8.45. The second kappa shape index (κ2) is 8.70. The highest BCUT2D eigenvalue weighted by Crippen LogP contribution is 2.38. The van der Waals surface area contributed by atoms with E-state index < -0.39 is 23.9 Å². The minimum Gasteiger partial charge on any atom is -0.478 e. The molecule has 0 fully saturated rings. The van der Waals surface area contributed by atoms with Crippen LogP contribution in [0.1, 0.15) is 47.2 Å². The predicted octanol–water partition coefficient (Wildman–Crippen LogP) is 4.27. The maximum Gasteiger partial charge on any atom is 0.338 e. The molecule has 1 unspecified atom stereocenters. The molecule has 3 aromatic rings. The van der Waals surface area contributed by atoms with Crippen LogP contribution in [-0.4, -0.2) is 45.4 Å². The van der Waals surface area contributed by atoms with E-state index in [1.807, 2.05) is 12.1 Å². The molecule has 2 aromatic heterocycles. The number of carbonyl (C=O) groups excluding carboxylic acids is 2. The van der Waals surface area contributed by atoms with Gasteiger partial charge in [0.15, 0.2) is 0 Å². The van der Waals surface area contributed by atoms with Crippen molar-refractivity contribution < 1.29 is 24.2 Å². The van der Waals surface area contributed by atoms with E-state index in [4.69, 9.17) is 22.1 Å². The zero-order valence-corrected chi connectivity index (χ0v) is 20.2. The normalized spacial score (nSPS) is 17.1. The van der Waals surface area contributed by atoms with Crippen LogP contribution in [0.3, 0.4) is 0 Å². The summed E-state index contributed by atoms with van der Waals surface area (Å²) in [5.41, 5.74) is 7.76. The largest absolute Gasteiger partial charge is 0.478 e. The lowest BCUT2D eigenvalue weighted by Gasteiger charge is -2.26. The fourth-order valence-corrected chi connectivity index (χ4v) is 6.27. The number of anilines is 1. The molecule has 5 rings (SSSR count). The first-order valence-electron chi connectivity index (χ1n) is 10.3. The van der Waals surface area contributed by atoms with Gasteiger partial charge in [-0.1, -0.05) is 23.4 Å². The molecule has 3 N–H and O–H groups in total. The quantitative estimate of drug-likeness (QED) is 0.483. The van der Waals surface area contributed by atoms with Crippen LogP contribution in [0.2, 0.25) is 5.02 Å². The Morgan fingerprint density at radius 3 is 2.76 bits per heavy atom. The SMILES string of the molecule is Cc1cc2c(c(Sc3ccc(Cl)cc3)n1)C(=O)N(CC1Cc3c(sc(N)c3C(=O)O)CO1)C2=O. The lowest BCUT2D eigenvalue weighted by molar-refractivity contribution is 0.00927. The maximum absolute atomic E-state index is 13.3. The smallest absolute Gasteiger partial charge is 0.338 e. The highest BCUT2D eigenvalue weighted by Gasteiger charge is 2.41. The number of ether oxygens (including phenoxy) is 1. The van der Waals surface area contributed by atoms with Crippen molar-refractivity contribution in [2.75, 3.05) is 12.3 Å². The Balaban J connectivity index is 1.41. The maximum atomic E-state index is 13.3. The van der Waals surface area contributed by atoms with Crippen LogP contribution in [0.25, 0.3) is 0 Å². The number of aromatic nitrogens is 1. The number of nitrogens with two attached hydrogens (primary N) is 1. The van der Waals surface area contributed by atoms with Crippen LogP contribution < -0.4 is 5.73 Å². The van der Waals surface area contributed by atoms with Crippen molar-refractivity contribution in [2.45, 2.75) is 36.0 Å². The van der Waals surface area contributed by atoms with E-state index in [1.165, 1.54) is 23.1 Å². The zero-order chi connectivity index (χ0) is 24.1. The third-order valence-corrected chi connectivity index (χ3v) is 7.96. The minimum absolute atomic E-state index is 0.00466. The van der Waals surface area contributed by atoms with E-state index in [9.17, 15) is 19.5 Å². The van der Waals surface area contributed by atoms with Crippen molar-refractivity contribution in [1.29, 1.82) is 0 Å². The number of aryl methyl sites for hydroxylation is 1. The number of thiophene rings is 1. The first kappa shape index (κ1) is 22.9. The summed E-state index contributed by atoms with van der Waals surface area (Å²) in [6.07, 6.45) is -0.287. The van der Waals surface area contributed by atoms with Crippen LogP contribution in [0.4, 0.5) is 5.00 Å². The van der Waals surface area contributed by atoms with Gasteiger partial charge in [0.1, 0.15) is 10.0 Å².